The summed E-state index contributed by atoms with van der Waals surface area (Å²) in [5.41, 5.74) is 1.49. The predicted molar refractivity (Wildman–Crippen MR) is 76.4 cm³/mol. The van der Waals surface area contributed by atoms with Gasteiger partial charge < -0.3 is 9.30 Å². The molecule has 0 fully saturated rings. The Morgan fingerprint density at radius 2 is 2.05 bits per heavy atom. The van der Waals surface area contributed by atoms with Crippen molar-refractivity contribution in [2.45, 2.75) is 6.54 Å². The molecule has 1 heterocycles. The van der Waals surface area contributed by atoms with Gasteiger partial charge in [-0.3, -0.25) is 9.59 Å². The summed E-state index contributed by atoms with van der Waals surface area (Å²) in [4.78, 5) is 23.3. The summed E-state index contributed by atoms with van der Waals surface area (Å²) in [6.07, 6.45) is 4.05. The van der Waals surface area contributed by atoms with Gasteiger partial charge in [0, 0.05) is 23.9 Å². The van der Waals surface area contributed by atoms with E-state index >= 15 is 0 Å². The Morgan fingerprint density at radius 1 is 1.35 bits per heavy atom. The first kappa shape index (κ1) is 13.8. The number of ketones is 1. The number of benzene rings is 1. The zero-order valence-electron chi connectivity index (χ0n) is 11.2. The standard InChI is InChI=1S/C16H15NO3/c1-3-8-17-10-12(11-18)9-15(17)16(19)13-4-6-14(20-2)7-5-13/h3-7,9-11H,1,8H2,2H3. The summed E-state index contributed by atoms with van der Waals surface area (Å²) in [7, 11) is 1.57. The zero-order chi connectivity index (χ0) is 14.5. The lowest BCUT2D eigenvalue weighted by molar-refractivity contribution is 0.103. The predicted octanol–water partition coefficient (Wildman–Crippen LogP) is 2.73. The Bertz CT molecular complexity index is 638. The highest BCUT2D eigenvalue weighted by Crippen LogP contribution is 2.17. The van der Waals surface area contributed by atoms with E-state index < -0.39 is 0 Å². The second kappa shape index (κ2) is 6.02. The van der Waals surface area contributed by atoms with Crippen LogP contribution in [0.15, 0.2) is 49.2 Å². The highest BCUT2D eigenvalue weighted by atomic mass is 16.5. The second-order valence-electron chi connectivity index (χ2n) is 4.28. The number of allylic oxidation sites excluding steroid dienone is 1. The maximum Gasteiger partial charge on any atom is 0.209 e. The van der Waals surface area contributed by atoms with Crippen LogP contribution in [0, 0.1) is 0 Å². The molecule has 102 valence electrons. The van der Waals surface area contributed by atoms with E-state index in [4.69, 9.17) is 4.74 Å². The van der Waals surface area contributed by atoms with Crippen molar-refractivity contribution in [3.05, 3.63) is 66.0 Å². The molecule has 0 bridgehead atoms. The molecule has 0 radical (unpaired) electrons. The van der Waals surface area contributed by atoms with Crippen LogP contribution in [-0.4, -0.2) is 23.7 Å². The van der Waals surface area contributed by atoms with Crippen LogP contribution in [0.25, 0.3) is 0 Å². The molecule has 0 atom stereocenters. The first-order chi connectivity index (χ1) is 9.69. The molecule has 0 saturated heterocycles. The number of carbonyl (C=O) groups is 2. The van der Waals surface area contributed by atoms with E-state index in [0.717, 1.165) is 6.29 Å². The summed E-state index contributed by atoms with van der Waals surface area (Å²) in [6.45, 7) is 4.13. The van der Waals surface area contributed by atoms with E-state index in [1.54, 1.807) is 54.3 Å². The van der Waals surface area contributed by atoms with Gasteiger partial charge >= 0.3 is 0 Å². The molecule has 4 heteroatoms. The van der Waals surface area contributed by atoms with E-state index in [1.165, 1.54) is 0 Å². The van der Waals surface area contributed by atoms with E-state index in [0.29, 0.717) is 29.1 Å². The molecule has 0 unspecified atom stereocenters. The fourth-order valence-electron chi connectivity index (χ4n) is 1.97. The van der Waals surface area contributed by atoms with Crippen LogP contribution in [-0.2, 0) is 6.54 Å². The molecule has 20 heavy (non-hydrogen) atoms. The topological polar surface area (TPSA) is 48.3 Å². The third-order valence-corrected chi connectivity index (χ3v) is 2.96. The van der Waals surface area contributed by atoms with E-state index in [9.17, 15) is 9.59 Å². The van der Waals surface area contributed by atoms with Gasteiger partial charge in [-0.1, -0.05) is 6.08 Å². The Kier molecular flexibility index (Phi) is 4.15. The molecule has 4 nitrogen and oxygen atoms in total. The molecule has 2 rings (SSSR count). The van der Waals surface area contributed by atoms with Crippen molar-refractivity contribution in [1.82, 2.24) is 4.57 Å². The lowest BCUT2D eigenvalue weighted by atomic mass is 10.1. The van der Waals surface area contributed by atoms with Gasteiger partial charge in [0.05, 0.1) is 12.8 Å². The highest BCUT2D eigenvalue weighted by molar-refractivity contribution is 6.08. The minimum atomic E-state index is -0.136. The van der Waals surface area contributed by atoms with Crippen LogP contribution in [0.3, 0.4) is 0 Å². The van der Waals surface area contributed by atoms with Crippen LogP contribution in [0.2, 0.25) is 0 Å². The van der Waals surface area contributed by atoms with Crippen LogP contribution in [0.5, 0.6) is 5.75 Å². The summed E-state index contributed by atoms with van der Waals surface area (Å²) >= 11 is 0. The fraction of sp³-hybridized carbons (Fsp3) is 0.125. The lowest BCUT2D eigenvalue weighted by Crippen LogP contribution is -2.08. The first-order valence-corrected chi connectivity index (χ1v) is 6.14. The van der Waals surface area contributed by atoms with Gasteiger partial charge in [0.15, 0.2) is 6.29 Å². The van der Waals surface area contributed by atoms with Gasteiger partial charge in [-0.05, 0) is 30.3 Å². The third kappa shape index (κ3) is 2.69. The van der Waals surface area contributed by atoms with Crippen LogP contribution in [0.4, 0.5) is 0 Å². The summed E-state index contributed by atoms with van der Waals surface area (Å²) in [5, 5.41) is 0. The first-order valence-electron chi connectivity index (χ1n) is 6.14. The number of rotatable bonds is 6. The van der Waals surface area contributed by atoms with Crippen LogP contribution < -0.4 is 4.74 Å². The zero-order valence-corrected chi connectivity index (χ0v) is 11.2. The number of methoxy groups -OCH3 is 1. The van der Waals surface area contributed by atoms with Gasteiger partial charge in [0.1, 0.15) is 5.75 Å². The average Bonchev–Trinajstić information content (AvgIpc) is 2.90. The maximum atomic E-state index is 12.5. The smallest absolute Gasteiger partial charge is 0.209 e. The molecule has 0 aliphatic rings. The molecular weight excluding hydrogens is 254 g/mol. The van der Waals surface area contributed by atoms with Gasteiger partial charge in [-0.15, -0.1) is 6.58 Å². The molecule has 1 aromatic carbocycles. The largest absolute Gasteiger partial charge is 0.497 e. The van der Waals surface area contributed by atoms with E-state index in [1.807, 2.05) is 0 Å². The van der Waals surface area contributed by atoms with E-state index in [-0.39, 0.29) is 5.78 Å². The fourth-order valence-corrected chi connectivity index (χ4v) is 1.97. The molecular formula is C16H15NO3. The minimum absolute atomic E-state index is 0.136. The summed E-state index contributed by atoms with van der Waals surface area (Å²) < 4.78 is 6.77. The van der Waals surface area contributed by atoms with E-state index in [2.05, 4.69) is 6.58 Å². The Labute approximate surface area is 117 Å². The Morgan fingerprint density at radius 3 is 2.60 bits per heavy atom. The van der Waals surface area contributed by atoms with Crippen molar-refractivity contribution in [2.75, 3.05) is 7.11 Å². The van der Waals surface area contributed by atoms with Gasteiger partial charge in [-0.25, -0.2) is 0 Å². The van der Waals surface area contributed by atoms with Crippen molar-refractivity contribution in [1.29, 1.82) is 0 Å². The van der Waals surface area contributed by atoms with Gasteiger partial charge in [0.25, 0.3) is 0 Å². The Hall–Kier alpha value is -2.62. The molecule has 0 saturated carbocycles. The average molecular weight is 269 g/mol. The van der Waals surface area contributed by atoms with Crippen molar-refractivity contribution in [3.63, 3.8) is 0 Å². The maximum absolute atomic E-state index is 12.5. The number of hydrogen-bond acceptors (Lipinski definition) is 3. The number of aromatic nitrogens is 1. The number of ether oxygens (including phenoxy) is 1. The highest BCUT2D eigenvalue weighted by Gasteiger charge is 2.15. The van der Waals surface area contributed by atoms with Crippen molar-refractivity contribution >= 4 is 12.1 Å². The molecule has 0 amide bonds. The SMILES string of the molecule is C=CCn1cc(C=O)cc1C(=O)c1ccc(OC)cc1. The molecule has 1 aromatic heterocycles. The number of hydrogen-bond donors (Lipinski definition) is 0. The molecule has 2 aromatic rings. The third-order valence-electron chi connectivity index (χ3n) is 2.96. The van der Waals surface area contributed by atoms with Crippen LogP contribution in [0.1, 0.15) is 26.4 Å². The van der Waals surface area contributed by atoms with Crippen molar-refractivity contribution < 1.29 is 14.3 Å². The molecule has 0 spiro atoms. The Balaban J connectivity index is 2.38. The van der Waals surface area contributed by atoms with Crippen molar-refractivity contribution in [3.8, 4) is 5.75 Å². The molecule has 0 N–H and O–H groups in total. The second-order valence-corrected chi connectivity index (χ2v) is 4.28. The molecule has 0 aliphatic carbocycles. The minimum Gasteiger partial charge on any atom is -0.497 e. The number of aldehydes is 1. The normalized spacial score (nSPS) is 10.1. The monoisotopic (exact) mass is 269 g/mol. The quantitative estimate of drug-likeness (QED) is 0.460. The van der Waals surface area contributed by atoms with Gasteiger partial charge in [0.2, 0.25) is 5.78 Å². The number of carbonyl (C=O) groups excluding carboxylic acids is 2. The number of nitrogens with zero attached hydrogens (tertiary/aromatic N) is 1. The van der Waals surface area contributed by atoms with Crippen LogP contribution >= 0.6 is 0 Å². The van der Waals surface area contributed by atoms with Crippen molar-refractivity contribution in [2.24, 2.45) is 0 Å². The summed E-state index contributed by atoms with van der Waals surface area (Å²) in [5.74, 6) is 0.555. The summed E-state index contributed by atoms with van der Waals surface area (Å²) in [6, 6.07) is 8.45. The molecule has 0 aliphatic heterocycles. The lowest BCUT2D eigenvalue weighted by Gasteiger charge is -2.06. The van der Waals surface area contributed by atoms with Gasteiger partial charge in [-0.2, -0.15) is 0 Å².